The Morgan fingerprint density at radius 2 is 1.62 bits per heavy atom. The van der Waals surface area contributed by atoms with Gasteiger partial charge in [-0.1, -0.05) is 43.4 Å². The van der Waals surface area contributed by atoms with E-state index >= 15 is 0 Å². The first-order valence-corrected chi connectivity index (χ1v) is 12.9. The van der Waals surface area contributed by atoms with Crippen molar-refractivity contribution in [3.63, 3.8) is 0 Å². The van der Waals surface area contributed by atoms with Crippen LogP contribution < -0.4 is 10.6 Å². The van der Waals surface area contributed by atoms with Crippen molar-refractivity contribution in [2.24, 2.45) is 0 Å². The molecule has 1 heterocycles. The Morgan fingerprint density at radius 1 is 1.00 bits per heavy atom. The number of nitrogens with one attached hydrogen (secondary N) is 2. The quantitative estimate of drug-likeness (QED) is 0.513. The molecule has 2 N–H and O–H groups in total. The van der Waals surface area contributed by atoms with Gasteiger partial charge in [-0.2, -0.15) is 4.31 Å². The second-order valence-corrected chi connectivity index (χ2v) is 10.7. The number of rotatable bonds is 5. The molecule has 1 aliphatic heterocycles. The lowest BCUT2D eigenvalue weighted by Crippen LogP contribution is -2.53. The SMILES string of the molecule is Cc1cc(C)c(S(=O)(=O)N2CCCO[C@@H]2CNC(=O)C(=O)NC2CCCCCC2)c(C)c1. The minimum Gasteiger partial charge on any atom is -0.360 e. The van der Waals surface area contributed by atoms with Gasteiger partial charge >= 0.3 is 11.8 Å². The Kier molecular flexibility index (Phi) is 8.30. The van der Waals surface area contributed by atoms with Crippen LogP contribution in [-0.4, -0.2) is 56.5 Å². The highest BCUT2D eigenvalue weighted by atomic mass is 32.2. The fraction of sp³-hybridized carbons (Fsp3) is 0.652. The maximum atomic E-state index is 13.5. The first-order chi connectivity index (χ1) is 15.2. The molecule has 3 rings (SSSR count). The molecular weight excluding hydrogens is 430 g/mol. The second-order valence-electron chi connectivity index (χ2n) is 8.89. The number of carbonyl (C=O) groups excluding carboxylic acids is 2. The molecule has 9 heteroatoms. The molecular formula is C23H35N3O5S. The molecule has 0 aromatic heterocycles. The monoisotopic (exact) mass is 465 g/mol. The fourth-order valence-electron chi connectivity index (χ4n) is 4.73. The van der Waals surface area contributed by atoms with E-state index in [2.05, 4.69) is 10.6 Å². The summed E-state index contributed by atoms with van der Waals surface area (Å²) in [5.74, 6) is -1.43. The summed E-state index contributed by atoms with van der Waals surface area (Å²) in [6.07, 6.45) is 5.88. The summed E-state index contributed by atoms with van der Waals surface area (Å²) in [4.78, 5) is 25.0. The third-order valence-electron chi connectivity index (χ3n) is 6.16. The Balaban J connectivity index is 1.66. The van der Waals surface area contributed by atoms with Gasteiger partial charge in [0.15, 0.2) is 0 Å². The molecule has 2 fully saturated rings. The molecule has 1 aromatic carbocycles. The van der Waals surface area contributed by atoms with E-state index in [1.54, 1.807) is 13.8 Å². The molecule has 2 amide bonds. The third kappa shape index (κ3) is 5.88. The average molecular weight is 466 g/mol. The van der Waals surface area contributed by atoms with Crippen LogP contribution in [0, 0.1) is 20.8 Å². The molecule has 0 spiro atoms. The highest BCUT2D eigenvalue weighted by Crippen LogP contribution is 2.28. The fourth-order valence-corrected chi connectivity index (χ4v) is 6.71. The van der Waals surface area contributed by atoms with E-state index in [1.807, 2.05) is 19.1 Å². The lowest BCUT2D eigenvalue weighted by atomic mass is 10.1. The van der Waals surface area contributed by atoms with E-state index in [9.17, 15) is 18.0 Å². The Morgan fingerprint density at radius 3 is 2.25 bits per heavy atom. The maximum absolute atomic E-state index is 13.5. The number of amides is 2. The molecule has 1 saturated carbocycles. The summed E-state index contributed by atoms with van der Waals surface area (Å²) in [6, 6.07) is 3.71. The minimum atomic E-state index is -3.83. The van der Waals surface area contributed by atoms with E-state index in [0.717, 1.165) is 44.1 Å². The van der Waals surface area contributed by atoms with Gasteiger partial charge in [-0.15, -0.1) is 0 Å². The van der Waals surface area contributed by atoms with Crippen LogP contribution in [0.1, 0.15) is 61.6 Å². The van der Waals surface area contributed by atoms with E-state index in [1.165, 1.54) is 4.31 Å². The summed E-state index contributed by atoms with van der Waals surface area (Å²) in [7, 11) is -3.83. The van der Waals surface area contributed by atoms with Crippen molar-refractivity contribution < 1.29 is 22.7 Å². The molecule has 178 valence electrons. The first kappa shape index (κ1) is 24.7. The van der Waals surface area contributed by atoms with Gasteiger partial charge in [0.05, 0.1) is 18.0 Å². The zero-order chi connectivity index (χ0) is 23.3. The van der Waals surface area contributed by atoms with Crippen LogP contribution in [0.25, 0.3) is 0 Å². The van der Waals surface area contributed by atoms with Crippen LogP contribution in [-0.2, 0) is 24.3 Å². The normalized spacial score (nSPS) is 21.0. The summed E-state index contributed by atoms with van der Waals surface area (Å²) in [6.45, 7) is 6.11. The number of aryl methyl sites for hydroxylation is 3. The molecule has 0 bridgehead atoms. The van der Waals surface area contributed by atoms with Crippen molar-refractivity contribution in [3.05, 3.63) is 28.8 Å². The van der Waals surface area contributed by atoms with E-state index in [4.69, 9.17) is 4.74 Å². The third-order valence-corrected chi connectivity index (χ3v) is 8.35. The molecule has 2 aliphatic rings. The molecule has 8 nitrogen and oxygen atoms in total. The van der Waals surface area contributed by atoms with Gasteiger partial charge in [-0.25, -0.2) is 8.42 Å². The summed E-state index contributed by atoms with van der Waals surface area (Å²) in [5.41, 5.74) is 2.36. The number of ether oxygens (including phenoxy) is 1. The zero-order valence-corrected chi connectivity index (χ0v) is 20.1. The highest BCUT2D eigenvalue weighted by molar-refractivity contribution is 7.89. The minimum absolute atomic E-state index is 0.0195. The van der Waals surface area contributed by atoms with Crippen LogP contribution >= 0.6 is 0 Å². The number of benzene rings is 1. The van der Waals surface area contributed by atoms with Gasteiger partial charge in [0, 0.05) is 12.6 Å². The maximum Gasteiger partial charge on any atom is 0.309 e. The van der Waals surface area contributed by atoms with Crippen molar-refractivity contribution in [3.8, 4) is 0 Å². The first-order valence-electron chi connectivity index (χ1n) is 11.5. The van der Waals surface area contributed by atoms with Gasteiger partial charge in [0.25, 0.3) is 0 Å². The van der Waals surface area contributed by atoms with Crippen LogP contribution in [0.2, 0.25) is 0 Å². The zero-order valence-electron chi connectivity index (χ0n) is 19.3. The summed E-state index contributed by atoms with van der Waals surface area (Å²) in [5, 5.41) is 5.38. The van der Waals surface area contributed by atoms with Crippen molar-refractivity contribution >= 4 is 21.8 Å². The standard InChI is InChI=1S/C23H35N3O5S/c1-16-13-17(2)21(18(3)14-16)32(29,30)26-11-8-12-31-20(26)15-24-22(27)23(28)25-19-9-6-4-5-7-10-19/h13-14,19-20H,4-12,15H2,1-3H3,(H,24,27)(H,25,28)/t20-/m1/s1. The summed E-state index contributed by atoms with van der Waals surface area (Å²) < 4.78 is 34.0. The molecule has 0 radical (unpaired) electrons. The number of hydrogen-bond donors (Lipinski definition) is 2. The Hall–Kier alpha value is -1.97. The predicted molar refractivity (Wildman–Crippen MR) is 122 cm³/mol. The number of carbonyl (C=O) groups is 2. The van der Waals surface area contributed by atoms with Gasteiger partial charge in [0.2, 0.25) is 10.0 Å². The van der Waals surface area contributed by atoms with Crippen molar-refractivity contribution in [1.82, 2.24) is 14.9 Å². The largest absolute Gasteiger partial charge is 0.360 e. The number of hydrogen-bond acceptors (Lipinski definition) is 5. The Bertz CT molecular complexity index is 916. The smallest absolute Gasteiger partial charge is 0.309 e. The van der Waals surface area contributed by atoms with Gasteiger partial charge in [-0.05, 0) is 51.2 Å². The Labute approximate surface area is 191 Å². The lowest BCUT2D eigenvalue weighted by Gasteiger charge is -2.35. The topological polar surface area (TPSA) is 105 Å². The molecule has 1 aliphatic carbocycles. The van der Waals surface area contributed by atoms with Crippen LogP contribution in [0.15, 0.2) is 17.0 Å². The summed E-state index contributed by atoms with van der Waals surface area (Å²) >= 11 is 0. The highest BCUT2D eigenvalue weighted by Gasteiger charge is 2.36. The molecule has 1 atom stereocenters. The van der Waals surface area contributed by atoms with E-state index in [0.29, 0.717) is 30.7 Å². The average Bonchev–Trinajstić information content (AvgIpc) is 2.99. The lowest BCUT2D eigenvalue weighted by molar-refractivity contribution is -0.140. The van der Waals surface area contributed by atoms with Crippen LogP contribution in [0.3, 0.4) is 0 Å². The molecule has 1 aromatic rings. The van der Waals surface area contributed by atoms with E-state index < -0.39 is 28.1 Å². The number of nitrogens with zero attached hydrogens (tertiary/aromatic N) is 1. The van der Waals surface area contributed by atoms with Crippen LogP contribution in [0.4, 0.5) is 0 Å². The van der Waals surface area contributed by atoms with Crippen LogP contribution in [0.5, 0.6) is 0 Å². The number of sulfonamides is 1. The van der Waals surface area contributed by atoms with Crippen molar-refractivity contribution in [2.45, 2.75) is 82.9 Å². The van der Waals surface area contributed by atoms with Crippen molar-refractivity contribution in [1.29, 1.82) is 0 Å². The van der Waals surface area contributed by atoms with E-state index in [-0.39, 0.29) is 17.5 Å². The molecule has 32 heavy (non-hydrogen) atoms. The van der Waals surface area contributed by atoms with Gasteiger partial charge < -0.3 is 15.4 Å². The molecule has 0 unspecified atom stereocenters. The van der Waals surface area contributed by atoms with Crippen molar-refractivity contribution in [2.75, 3.05) is 19.7 Å². The predicted octanol–water partition coefficient (Wildman–Crippen LogP) is 2.30. The molecule has 1 saturated heterocycles. The van der Waals surface area contributed by atoms with Gasteiger partial charge in [0.1, 0.15) is 6.23 Å². The van der Waals surface area contributed by atoms with Gasteiger partial charge in [-0.3, -0.25) is 9.59 Å². The second kappa shape index (κ2) is 10.8.